The van der Waals surface area contributed by atoms with Crippen LogP contribution in [0.2, 0.25) is 0 Å². The Labute approximate surface area is 339 Å². The molecule has 0 aromatic rings. The van der Waals surface area contributed by atoms with Crippen LogP contribution in [0.15, 0.2) is 12.3 Å². The van der Waals surface area contributed by atoms with E-state index in [4.69, 9.17) is 0 Å². The van der Waals surface area contributed by atoms with E-state index in [-0.39, 0.29) is 52.5 Å². The topological polar surface area (TPSA) is 140 Å². The molecule has 57 heavy (non-hydrogen) atoms. The fourth-order valence-electron chi connectivity index (χ4n) is 11.5. The minimum absolute atomic E-state index is 0.00378. The molecule has 2 heterocycles. The third-order valence-corrected chi connectivity index (χ3v) is 15.3. The molecule has 6 rings (SSSR count). The molecule has 11 nitrogen and oxygen atoms in total. The van der Waals surface area contributed by atoms with Crippen LogP contribution in [0.3, 0.4) is 0 Å². The molecule has 6 aliphatic rings. The third kappa shape index (κ3) is 8.65. The molecule has 0 aromatic heterocycles. The van der Waals surface area contributed by atoms with Gasteiger partial charge in [-0.3, -0.25) is 28.9 Å². The Morgan fingerprint density at radius 2 is 1.56 bits per heavy atom. The zero-order valence-electron chi connectivity index (χ0n) is 35.5. The number of piperidine rings is 1. The van der Waals surface area contributed by atoms with E-state index in [0.29, 0.717) is 44.6 Å². The summed E-state index contributed by atoms with van der Waals surface area (Å²) in [6, 6.07) is -3.49. The lowest BCUT2D eigenvalue weighted by atomic mass is 9.73. The Morgan fingerprint density at radius 3 is 2.12 bits per heavy atom. The van der Waals surface area contributed by atoms with Crippen LogP contribution in [0.25, 0.3) is 0 Å². The number of alkyl halides is 2. The lowest BCUT2D eigenvalue weighted by Crippen LogP contribution is -2.61. The zero-order valence-corrected chi connectivity index (χ0v) is 35.5. The van der Waals surface area contributed by atoms with Crippen LogP contribution < -0.4 is 21.3 Å². The van der Waals surface area contributed by atoms with Gasteiger partial charge in [-0.25, -0.2) is 8.78 Å². The van der Waals surface area contributed by atoms with Gasteiger partial charge in [-0.2, -0.15) is 0 Å². The maximum absolute atomic E-state index is 15.2. The van der Waals surface area contributed by atoms with E-state index in [1.165, 1.54) is 0 Å². The predicted molar refractivity (Wildman–Crippen MR) is 215 cm³/mol. The highest BCUT2D eigenvalue weighted by molar-refractivity contribution is 6.38. The Bertz CT molecular complexity index is 1550. The van der Waals surface area contributed by atoms with Crippen LogP contribution in [-0.2, 0) is 24.0 Å². The summed E-state index contributed by atoms with van der Waals surface area (Å²) >= 11 is 0. The van der Waals surface area contributed by atoms with Gasteiger partial charge in [0, 0.05) is 36.2 Å². The largest absolute Gasteiger partial charge is 0.377 e. The molecular weight excluding hydrogens is 731 g/mol. The minimum atomic E-state index is -2.42. The van der Waals surface area contributed by atoms with Crippen molar-refractivity contribution in [3.8, 4) is 0 Å². The molecule has 4 N–H and O–H groups in total. The van der Waals surface area contributed by atoms with Gasteiger partial charge in [0.1, 0.15) is 18.1 Å². The third-order valence-electron chi connectivity index (χ3n) is 15.3. The molecule has 0 radical (unpaired) electrons. The molecule has 6 fully saturated rings. The van der Waals surface area contributed by atoms with Crippen molar-refractivity contribution in [1.82, 2.24) is 31.1 Å². The van der Waals surface area contributed by atoms with Gasteiger partial charge >= 0.3 is 0 Å². The molecule has 4 saturated carbocycles. The molecular formula is C44H70F2N6O5. The monoisotopic (exact) mass is 801 g/mol. The highest BCUT2D eigenvalue weighted by Crippen LogP contribution is 2.88. The van der Waals surface area contributed by atoms with E-state index in [9.17, 15) is 28.0 Å². The van der Waals surface area contributed by atoms with Gasteiger partial charge in [-0.05, 0) is 92.9 Å². The molecule has 2 saturated heterocycles. The van der Waals surface area contributed by atoms with Gasteiger partial charge in [-0.1, -0.05) is 80.2 Å². The van der Waals surface area contributed by atoms with Gasteiger partial charge in [0.25, 0.3) is 12.3 Å². The first-order chi connectivity index (χ1) is 26.9. The number of amides is 4. The van der Waals surface area contributed by atoms with Crippen molar-refractivity contribution in [1.29, 1.82) is 0 Å². The number of likely N-dealkylation sites (tertiary alicyclic amines) is 2. The first-order valence-electron chi connectivity index (χ1n) is 22.1. The van der Waals surface area contributed by atoms with Gasteiger partial charge in [0.05, 0.1) is 12.6 Å². The van der Waals surface area contributed by atoms with Crippen LogP contribution >= 0.6 is 0 Å². The van der Waals surface area contributed by atoms with Crippen molar-refractivity contribution in [2.45, 2.75) is 174 Å². The molecule has 2 spiro atoms. The summed E-state index contributed by atoms with van der Waals surface area (Å²) in [5, 5.41) is 12.3. The fraction of sp³-hybridized carbons (Fsp3) is 0.841. The second kappa shape index (κ2) is 16.9. The van der Waals surface area contributed by atoms with Crippen LogP contribution in [0, 0.1) is 33.5 Å². The second-order valence-electron chi connectivity index (χ2n) is 20.1. The summed E-state index contributed by atoms with van der Waals surface area (Å²) < 4.78 is 26.6. The number of halogens is 2. The van der Waals surface area contributed by atoms with E-state index < -0.39 is 53.6 Å². The summed E-state index contributed by atoms with van der Waals surface area (Å²) in [5.41, 5.74) is -0.420. The van der Waals surface area contributed by atoms with Crippen molar-refractivity contribution in [2.75, 3.05) is 26.2 Å². The Morgan fingerprint density at radius 1 is 0.877 bits per heavy atom. The minimum Gasteiger partial charge on any atom is -0.377 e. The van der Waals surface area contributed by atoms with Crippen molar-refractivity contribution in [3.05, 3.63) is 12.3 Å². The maximum atomic E-state index is 15.2. The average molecular weight is 801 g/mol. The molecule has 0 bridgehead atoms. The van der Waals surface area contributed by atoms with E-state index in [1.807, 2.05) is 27.7 Å². The number of hydrogen-bond donors (Lipinski definition) is 4. The number of nitrogens with zero attached hydrogens (tertiary/aromatic N) is 2. The quantitative estimate of drug-likeness (QED) is 0.152. The van der Waals surface area contributed by atoms with Gasteiger partial charge in [-0.15, -0.1) is 0 Å². The van der Waals surface area contributed by atoms with Crippen LogP contribution in [0.4, 0.5) is 8.78 Å². The smallest absolute Gasteiger partial charge is 0.289 e. The standard InChI is InChI=1S/C44H70F2N6O5/c1-8-14-31(35(53)39(56)48-30-18-19-30)49-37(54)32-23-44(42(6,7)43(44)20-13-21-43)26-52(32)40(57)36(41(3,4)5)50-38(55)34(28-15-10-9-11-16-28)47-27(2)29-17-12-22-51(24-29)25-33(45)46/h28-34,36,47H,2,8-26H2,1,3-7H3,(H,48,56)(H,49,54)(H,50,55)/t29-,31?,32+,34?,36-,44-/m1/s1. The van der Waals surface area contributed by atoms with Crippen LogP contribution in [-0.4, -0.2) is 102 Å². The first-order valence-corrected chi connectivity index (χ1v) is 22.1. The Balaban J connectivity index is 1.24. The summed E-state index contributed by atoms with van der Waals surface area (Å²) in [5.74, 6) is -2.49. The number of rotatable bonds is 16. The molecule has 0 aromatic carbocycles. The Kier molecular flexibility index (Phi) is 12.9. The van der Waals surface area contributed by atoms with E-state index in [0.717, 1.165) is 77.0 Å². The number of fused-ring (bicyclic) bond motifs is 1. The lowest BCUT2D eigenvalue weighted by Gasteiger charge is -2.39. The number of carbonyl (C=O) groups excluding carboxylic acids is 5. The Hall–Kier alpha value is -3.09. The first kappa shape index (κ1) is 43.5. The van der Waals surface area contributed by atoms with Crippen LogP contribution in [0.5, 0.6) is 0 Å². The number of carbonyl (C=O) groups is 5. The molecule has 2 aliphatic heterocycles. The number of Topliss-reactive ketones (excluding diaryl/α,β-unsaturated/α-hetero) is 1. The van der Waals surface area contributed by atoms with Gasteiger partial charge in [0.2, 0.25) is 23.5 Å². The molecule has 6 atom stereocenters. The molecule has 320 valence electrons. The summed E-state index contributed by atoms with van der Waals surface area (Å²) in [4.78, 5) is 73.9. The van der Waals surface area contributed by atoms with Crippen molar-refractivity contribution < 1.29 is 32.8 Å². The zero-order chi connectivity index (χ0) is 41.5. The van der Waals surface area contributed by atoms with Crippen molar-refractivity contribution >= 4 is 29.4 Å². The summed E-state index contributed by atoms with van der Waals surface area (Å²) in [6.07, 6.45) is 10.1. The van der Waals surface area contributed by atoms with E-state index in [2.05, 4.69) is 41.7 Å². The van der Waals surface area contributed by atoms with Crippen molar-refractivity contribution in [3.63, 3.8) is 0 Å². The van der Waals surface area contributed by atoms with E-state index >= 15 is 4.79 Å². The average Bonchev–Trinajstić information content (AvgIpc) is 3.96. The summed E-state index contributed by atoms with van der Waals surface area (Å²) in [7, 11) is 0. The predicted octanol–water partition coefficient (Wildman–Crippen LogP) is 5.48. The highest BCUT2D eigenvalue weighted by Gasteiger charge is 2.85. The van der Waals surface area contributed by atoms with Gasteiger partial charge < -0.3 is 26.2 Å². The normalized spacial score (nSPS) is 28.6. The molecule has 4 aliphatic carbocycles. The number of nitrogens with one attached hydrogen (secondary N) is 4. The van der Waals surface area contributed by atoms with Crippen molar-refractivity contribution in [2.24, 2.45) is 33.5 Å². The van der Waals surface area contributed by atoms with Gasteiger partial charge in [0.15, 0.2) is 0 Å². The highest BCUT2D eigenvalue weighted by atomic mass is 19.3. The second-order valence-corrected chi connectivity index (χ2v) is 20.1. The molecule has 4 amide bonds. The number of hydrogen-bond acceptors (Lipinski definition) is 7. The van der Waals surface area contributed by atoms with E-state index in [1.54, 1.807) is 9.80 Å². The fourth-order valence-corrected chi connectivity index (χ4v) is 11.5. The molecule has 2 unspecified atom stereocenters. The SMILES string of the molecule is C=C(NC(C(=O)N[C@H](C(=O)N1C[C@]2(C[C@H]1C(=O)NC(CCC)C(=O)C(=O)NC1CC1)C(C)(C)C21CCC1)C(C)(C)C)C1CCCCC1)[C@@H]1CCCN(CC(F)F)C1. The number of ketones is 1. The van der Waals surface area contributed by atoms with Crippen LogP contribution in [0.1, 0.15) is 138 Å². The lowest BCUT2D eigenvalue weighted by molar-refractivity contribution is -0.145. The molecule has 13 heteroatoms. The summed E-state index contributed by atoms with van der Waals surface area (Å²) in [6.45, 7) is 17.6. The maximum Gasteiger partial charge on any atom is 0.289 e.